The predicted molar refractivity (Wildman–Crippen MR) is 118 cm³/mol. The minimum absolute atomic E-state index is 0.101. The second-order valence-electron chi connectivity index (χ2n) is 6.55. The molecular formula is C18H19BrN4O6S2. The maximum absolute atomic E-state index is 12.4. The lowest BCUT2D eigenvalue weighted by Gasteiger charge is -2.04. The van der Waals surface area contributed by atoms with Crippen LogP contribution in [0.3, 0.4) is 0 Å². The Kier molecular flexibility index (Phi) is 7.41. The van der Waals surface area contributed by atoms with Crippen molar-refractivity contribution >= 4 is 65.0 Å². The number of nitrogens with zero attached hydrogens (tertiary/aromatic N) is 3. The number of carbonyl (C=O) groups is 2. The number of amides is 2. The van der Waals surface area contributed by atoms with Crippen LogP contribution in [-0.4, -0.2) is 55.2 Å². The van der Waals surface area contributed by atoms with Gasteiger partial charge < -0.3 is 19.1 Å². The van der Waals surface area contributed by atoms with Crippen LogP contribution < -0.4 is 10.1 Å². The summed E-state index contributed by atoms with van der Waals surface area (Å²) in [7, 11) is -2.47. The monoisotopic (exact) mass is 530 g/mol. The van der Waals surface area contributed by atoms with Gasteiger partial charge in [-0.05, 0) is 25.1 Å². The highest BCUT2D eigenvalue weighted by Gasteiger charge is 2.22. The van der Waals surface area contributed by atoms with E-state index >= 15 is 0 Å². The number of anilines is 1. The first-order chi connectivity index (χ1) is 14.7. The van der Waals surface area contributed by atoms with Crippen molar-refractivity contribution in [1.82, 2.24) is 9.72 Å². The molecule has 0 aliphatic carbocycles. The molecule has 0 fully saturated rings. The lowest BCUT2D eigenvalue weighted by atomic mass is 10.3. The van der Waals surface area contributed by atoms with Crippen LogP contribution in [0.4, 0.5) is 5.82 Å². The molecule has 2 heterocycles. The maximum atomic E-state index is 12.4. The van der Waals surface area contributed by atoms with Gasteiger partial charge >= 0.3 is 0 Å². The molecule has 13 heteroatoms. The Morgan fingerprint density at radius 1 is 1.32 bits per heavy atom. The van der Waals surface area contributed by atoms with Crippen LogP contribution in [-0.2, 0) is 30.7 Å². The molecule has 0 aliphatic heterocycles. The zero-order chi connectivity index (χ0) is 22.6. The van der Waals surface area contributed by atoms with Gasteiger partial charge in [-0.15, -0.1) is 0 Å². The summed E-state index contributed by atoms with van der Waals surface area (Å²) in [5, 5.41) is 5.87. The van der Waals surface area contributed by atoms with Gasteiger partial charge in [0.15, 0.2) is 20.5 Å². The Morgan fingerprint density at radius 3 is 2.77 bits per heavy atom. The van der Waals surface area contributed by atoms with Crippen molar-refractivity contribution in [2.45, 2.75) is 13.5 Å². The smallest absolute Gasteiger partial charge is 0.263 e. The van der Waals surface area contributed by atoms with Crippen molar-refractivity contribution in [3.63, 3.8) is 0 Å². The molecule has 31 heavy (non-hydrogen) atoms. The Morgan fingerprint density at radius 2 is 2.10 bits per heavy atom. The number of sulfone groups is 1. The molecule has 3 aromatic rings. The summed E-state index contributed by atoms with van der Waals surface area (Å²) < 4.78 is 38.0. The van der Waals surface area contributed by atoms with E-state index in [0.717, 1.165) is 14.7 Å². The van der Waals surface area contributed by atoms with E-state index in [4.69, 9.17) is 9.26 Å². The van der Waals surface area contributed by atoms with Gasteiger partial charge in [-0.1, -0.05) is 32.4 Å². The third kappa shape index (κ3) is 6.32. The molecule has 0 spiro atoms. The second-order valence-corrected chi connectivity index (χ2v) is 10.5. The lowest BCUT2D eigenvalue weighted by Crippen LogP contribution is -2.28. The molecule has 1 aromatic carbocycles. The largest absolute Gasteiger partial charge is 0.383 e. The third-order valence-corrected chi connectivity index (χ3v) is 6.90. The van der Waals surface area contributed by atoms with E-state index in [1.54, 1.807) is 18.6 Å². The maximum Gasteiger partial charge on any atom is 0.263 e. The average Bonchev–Trinajstić information content (AvgIpc) is 3.20. The van der Waals surface area contributed by atoms with Crippen LogP contribution >= 0.6 is 27.3 Å². The number of methoxy groups -OCH3 is 1. The first-order valence-electron chi connectivity index (χ1n) is 8.96. The fraction of sp³-hybridized carbons (Fsp3) is 0.333. The molecule has 0 saturated carbocycles. The lowest BCUT2D eigenvalue weighted by molar-refractivity contribution is -0.115. The van der Waals surface area contributed by atoms with Crippen molar-refractivity contribution in [1.29, 1.82) is 0 Å². The van der Waals surface area contributed by atoms with Crippen LogP contribution in [0.25, 0.3) is 10.2 Å². The number of benzene rings is 1. The van der Waals surface area contributed by atoms with E-state index in [9.17, 15) is 18.0 Å². The molecular weight excluding hydrogens is 512 g/mol. The van der Waals surface area contributed by atoms with Gasteiger partial charge in [-0.2, -0.15) is 4.99 Å². The van der Waals surface area contributed by atoms with Crippen molar-refractivity contribution in [3.05, 3.63) is 39.3 Å². The zero-order valence-corrected chi connectivity index (χ0v) is 19.8. The molecule has 166 valence electrons. The fourth-order valence-electron chi connectivity index (χ4n) is 2.71. The Hall–Kier alpha value is -2.35. The summed E-state index contributed by atoms with van der Waals surface area (Å²) in [6.45, 7) is 2.46. The van der Waals surface area contributed by atoms with Gasteiger partial charge in [0.25, 0.3) is 5.91 Å². The van der Waals surface area contributed by atoms with Crippen molar-refractivity contribution in [2.24, 2.45) is 4.99 Å². The zero-order valence-electron chi connectivity index (χ0n) is 16.6. The second kappa shape index (κ2) is 9.85. The number of nitrogens with one attached hydrogen (secondary N) is 1. The number of rotatable bonds is 8. The summed E-state index contributed by atoms with van der Waals surface area (Å²) in [6.07, 6.45) is 0. The molecule has 0 unspecified atom stereocenters. The number of thiazole rings is 1. The SMILES string of the molecule is COCCn1c(=NC(=O)CS(=O)(=O)CC(=O)Nc2cc(C)on2)sc2cc(Br)ccc21. The van der Waals surface area contributed by atoms with E-state index < -0.39 is 33.2 Å². The molecule has 3 rings (SSSR count). The highest BCUT2D eigenvalue weighted by Crippen LogP contribution is 2.22. The number of halogens is 1. The van der Waals surface area contributed by atoms with Crippen molar-refractivity contribution in [2.75, 3.05) is 30.5 Å². The Labute approximate surface area is 189 Å². The first kappa shape index (κ1) is 23.3. The number of ether oxygens (including phenoxy) is 1. The van der Waals surface area contributed by atoms with E-state index in [-0.39, 0.29) is 5.82 Å². The quantitative estimate of drug-likeness (QED) is 0.469. The van der Waals surface area contributed by atoms with Gasteiger partial charge in [-0.3, -0.25) is 9.59 Å². The highest BCUT2D eigenvalue weighted by atomic mass is 79.9. The van der Waals surface area contributed by atoms with Crippen LogP contribution in [0.5, 0.6) is 0 Å². The summed E-state index contributed by atoms with van der Waals surface area (Å²) in [5.74, 6) is -2.87. The number of fused-ring (bicyclic) bond motifs is 1. The molecule has 2 aromatic heterocycles. The molecule has 0 atom stereocenters. The van der Waals surface area contributed by atoms with Gasteiger partial charge in [0.2, 0.25) is 5.91 Å². The standard InChI is InChI=1S/C18H19BrN4O6S2/c1-11-7-15(22-29-11)20-16(24)9-31(26,27)10-17(25)21-18-23(5-6-28-2)13-4-3-12(19)8-14(13)30-18/h3-4,7-8H,5-6,9-10H2,1-2H3,(H,20,22,24). The van der Waals surface area contributed by atoms with Crippen LogP contribution in [0.1, 0.15) is 5.76 Å². The van der Waals surface area contributed by atoms with Crippen molar-refractivity contribution in [3.8, 4) is 0 Å². The molecule has 2 amide bonds. The number of aryl methyl sites for hydroxylation is 1. The van der Waals surface area contributed by atoms with E-state index in [1.165, 1.54) is 17.4 Å². The Balaban J connectivity index is 1.77. The van der Waals surface area contributed by atoms with Crippen LogP contribution in [0.15, 0.2) is 38.3 Å². The van der Waals surface area contributed by atoms with E-state index in [0.29, 0.717) is 23.7 Å². The highest BCUT2D eigenvalue weighted by molar-refractivity contribution is 9.10. The minimum atomic E-state index is -4.03. The number of aromatic nitrogens is 2. The summed E-state index contributed by atoms with van der Waals surface area (Å²) in [4.78, 5) is 28.7. The normalized spacial score (nSPS) is 12.4. The average molecular weight is 531 g/mol. The molecule has 10 nitrogen and oxygen atoms in total. The molecule has 1 N–H and O–H groups in total. The Bertz CT molecular complexity index is 1290. The molecule has 0 aliphatic rings. The summed E-state index contributed by atoms with van der Waals surface area (Å²) >= 11 is 4.66. The van der Waals surface area contributed by atoms with Crippen LogP contribution in [0.2, 0.25) is 0 Å². The minimum Gasteiger partial charge on any atom is -0.383 e. The number of hydrogen-bond acceptors (Lipinski definition) is 8. The number of hydrogen-bond donors (Lipinski definition) is 1. The predicted octanol–water partition coefficient (Wildman–Crippen LogP) is 1.89. The van der Waals surface area contributed by atoms with Gasteiger partial charge in [0.1, 0.15) is 17.3 Å². The van der Waals surface area contributed by atoms with E-state index in [2.05, 4.69) is 31.4 Å². The summed E-state index contributed by atoms with van der Waals surface area (Å²) in [6, 6.07) is 7.08. The van der Waals surface area contributed by atoms with Gasteiger partial charge in [0, 0.05) is 24.2 Å². The van der Waals surface area contributed by atoms with Gasteiger partial charge in [0.05, 0.1) is 16.8 Å². The number of carbonyl (C=O) groups excluding carboxylic acids is 2. The molecule has 0 radical (unpaired) electrons. The van der Waals surface area contributed by atoms with Crippen molar-refractivity contribution < 1.29 is 27.3 Å². The van der Waals surface area contributed by atoms with E-state index in [1.807, 2.05) is 18.2 Å². The molecule has 0 saturated heterocycles. The van der Waals surface area contributed by atoms with Gasteiger partial charge in [-0.25, -0.2) is 8.42 Å². The third-order valence-electron chi connectivity index (χ3n) is 3.97. The van der Waals surface area contributed by atoms with Crippen LogP contribution in [0, 0.1) is 6.92 Å². The molecule has 0 bridgehead atoms. The summed E-state index contributed by atoms with van der Waals surface area (Å²) in [5.41, 5.74) is 0.849. The topological polar surface area (TPSA) is 133 Å². The fourth-order valence-corrected chi connectivity index (χ4v) is 5.35. The first-order valence-corrected chi connectivity index (χ1v) is 12.4.